The number of benzene rings is 2. The molecule has 0 amide bonds. The van der Waals surface area contributed by atoms with Gasteiger partial charge in [0.05, 0.1) is 6.61 Å². The first-order valence-electron chi connectivity index (χ1n) is 7.18. The molecular weight excluding hydrogens is 292 g/mol. The molecule has 0 unspecified atom stereocenters. The number of esters is 1. The van der Waals surface area contributed by atoms with Crippen molar-refractivity contribution in [2.45, 2.75) is 6.61 Å². The molecule has 2 aromatic carbocycles. The molecule has 2 rings (SSSR count). The number of carbonyl (C=O) groups is 1. The van der Waals surface area contributed by atoms with Gasteiger partial charge in [0.25, 0.3) is 0 Å². The van der Waals surface area contributed by atoms with E-state index in [0.717, 1.165) is 5.56 Å². The van der Waals surface area contributed by atoms with Crippen molar-refractivity contribution >= 4 is 5.97 Å². The van der Waals surface area contributed by atoms with Crippen molar-refractivity contribution in [3.8, 4) is 18.1 Å². The first-order valence-corrected chi connectivity index (χ1v) is 7.18. The van der Waals surface area contributed by atoms with Crippen molar-refractivity contribution in [2.24, 2.45) is 0 Å². The van der Waals surface area contributed by atoms with Gasteiger partial charge >= 0.3 is 5.97 Å². The van der Waals surface area contributed by atoms with E-state index in [2.05, 4.69) is 5.92 Å². The lowest BCUT2D eigenvalue weighted by Crippen LogP contribution is -2.11. The van der Waals surface area contributed by atoms with E-state index in [0.29, 0.717) is 30.1 Å². The quantitative estimate of drug-likeness (QED) is 0.448. The third kappa shape index (κ3) is 4.87. The van der Waals surface area contributed by atoms with Crippen LogP contribution in [0.25, 0.3) is 0 Å². The molecule has 0 heterocycles. The van der Waals surface area contributed by atoms with Crippen LogP contribution in [0.5, 0.6) is 5.75 Å². The Labute approximate surface area is 136 Å². The molecule has 0 fully saturated rings. The van der Waals surface area contributed by atoms with Crippen LogP contribution >= 0.6 is 0 Å². The van der Waals surface area contributed by atoms with Crippen LogP contribution in [0.1, 0.15) is 21.5 Å². The molecule has 0 saturated carbocycles. The van der Waals surface area contributed by atoms with E-state index in [1.165, 1.54) is 0 Å². The minimum absolute atomic E-state index is 0.202. The highest BCUT2D eigenvalue weighted by atomic mass is 16.5. The summed E-state index contributed by atoms with van der Waals surface area (Å²) >= 11 is 0. The Balaban J connectivity index is 2.10. The van der Waals surface area contributed by atoms with Crippen LogP contribution in [-0.2, 0) is 16.1 Å². The Kier molecular flexibility index (Phi) is 6.22. The van der Waals surface area contributed by atoms with Crippen molar-refractivity contribution in [2.75, 3.05) is 20.3 Å². The van der Waals surface area contributed by atoms with Gasteiger partial charge in [-0.25, -0.2) is 4.79 Å². The summed E-state index contributed by atoms with van der Waals surface area (Å²) in [5, 5.41) is 0. The molecule has 0 aliphatic heterocycles. The van der Waals surface area contributed by atoms with Gasteiger partial charge in [-0.1, -0.05) is 36.3 Å². The van der Waals surface area contributed by atoms with Crippen LogP contribution in [-0.4, -0.2) is 26.3 Å². The molecule has 0 bridgehead atoms. The molecule has 0 saturated heterocycles. The minimum Gasteiger partial charge on any atom is -0.490 e. The average Bonchev–Trinajstić information content (AvgIpc) is 2.60. The fourth-order valence-corrected chi connectivity index (χ4v) is 1.94. The van der Waals surface area contributed by atoms with Crippen molar-refractivity contribution in [3.63, 3.8) is 0 Å². The SMILES string of the molecule is C#Cc1ccc(C(=O)OCc2ccccc2)c(OCCOC)c1. The van der Waals surface area contributed by atoms with E-state index >= 15 is 0 Å². The summed E-state index contributed by atoms with van der Waals surface area (Å²) < 4.78 is 15.8. The van der Waals surface area contributed by atoms with Crippen LogP contribution in [0.3, 0.4) is 0 Å². The molecule has 118 valence electrons. The van der Waals surface area contributed by atoms with Gasteiger partial charge in [0.15, 0.2) is 0 Å². The Morgan fingerprint density at radius 1 is 1.13 bits per heavy atom. The molecule has 0 aromatic heterocycles. The molecule has 4 heteroatoms. The Bertz CT molecular complexity index is 686. The fourth-order valence-electron chi connectivity index (χ4n) is 1.94. The third-order valence-electron chi connectivity index (χ3n) is 3.13. The summed E-state index contributed by atoms with van der Waals surface area (Å²) in [6.07, 6.45) is 5.39. The molecule has 0 N–H and O–H groups in total. The van der Waals surface area contributed by atoms with Gasteiger partial charge in [0.2, 0.25) is 0 Å². The third-order valence-corrected chi connectivity index (χ3v) is 3.13. The van der Waals surface area contributed by atoms with Crippen LogP contribution in [0.4, 0.5) is 0 Å². The summed E-state index contributed by atoms with van der Waals surface area (Å²) in [4.78, 5) is 12.3. The van der Waals surface area contributed by atoms with Gasteiger partial charge in [0, 0.05) is 12.7 Å². The fraction of sp³-hybridized carbons (Fsp3) is 0.211. The van der Waals surface area contributed by atoms with E-state index in [9.17, 15) is 4.79 Å². The Hall–Kier alpha value is -2.77. The molecule has 0 atom stereocenters. The maximum atomic E-state index is 12.3. The standard InChI is InChI=1S/C19H18O4/c1-3-15-9-10-17(18(13-15)22-12-11-21-2)19(20)23-14-16-7-5-4-6-8-16/h1,4-10,13H,11-12,14H2,2H3. The molecule has 23 heavy (non-hydrogen) atoms. The summed E-state index contributed by atoms with van der Waals surface area (Å²) in [5.74, 6) is 2.46. The number of carbonyl (C=O) groups excluding carboxylic acids is 1. The Morgan fingerprint density at radius 2 is 1.91 bits per heavy atom. The summed E-state index contributed by atoms with van der Waals surface area (Å²) in [6, 6.07) is 14.4. The second-order valence-corrected chi connectivity index (χ2v) is 4.76. The molecule has 4 nitrogen and oxygen atoms in total. The Morgan fingerprint density at radius 3 is 2.61 bits per heavy atom. The second-order valence-electron chi connectivity index (χ2n) is 4.76. The van der Waals surface area contributed by atoms with E-state index in [1.54, 1.807) is 25.3 Å². The molecule has 0 aliphatic rings. The van der Waals surface area contributed by atoms with E-state index in [4.69, 9.17) is 20.6 Å². The number of methoxy groups -OCH3 is 1. The zero-order valence-electron chi connectivity index (χ0n) is 13.0. The normalized spacial score (nSPS) is 9.91. The van der Waals surface area contributed by atoms with Gasteiger partial charge in [-0.2, -0.15) is 0 Å². The zero-order chi connectivity index (χ0) is 16.5. The first-order chi connectivity index (χ1) is 11.2. The monoisotopic (exact) mass is 310 g/mol. The van der Waals surface area contributed by atoms with Crippen molar-refractivity contribution in [1.82, 2.24) is 0 Å². The molecule has 2 aromatic rings. The molecular formula is C19H18O4. The second kappa shape index (κ2) is 8.62. The van der Waals surface area contributed by atoms with Gasteiger partial charge in [-0.05, 0) is 23.8 Å². The van der Waals surface area contributed by atoms with Gasteiger partial charge in [-0.3, -0.25) is 0 Å². The maximum Gasteiger partial charge on any atom is 0.342 e. The smallest absolute Gasteiger partial charge is 0.342 e. The largest absolute Gasteiger partial charge is 0.490 e. The van der Waals surface area contributed by atoms with Crippen LogP contribution in [0.15, 0.2) is 48.5 Å². The highest BCUT2D eigenvalue weighted by Crippen LogP contribution is 2.22. The van der Waals surface area contributed by atoms with E-state index < -0.39 is 5.97 Å². The van der Waals surface area contributed by atoms with Crippen LogP contribution < -0.4 is 4.74 Å². The topological polar surface area (TPSA) is 44.8 Å². The first kappa shape index (κ1) is 16.6. The van der Waals surface area contributed by atoms with Crippen molar-refractivity contribution in [1.29, 1.82) is 0 Å². The summed E-state index contributed by atoms with van der Waals surface area (Å²) in [5.41, 5.74) is 1.90. The predicted octanol–water partition coefficient (Wildman–Crippen LogP) is 3.05. The predicted molar refractivity (Wildman–Crippen MR) is 87.3 cm³/mol. The minimum atomic E-state index is -0.454. The van der Waals surface area contributed by atoms with Crippen LogP contribution in [0.2, 0.25) is 0 Å². The van der Waals surface area contributed by atoms with E-state index in [1.807, 2.05) is 30.3 Å². The van der Waals surface area contributed by atoms with Crippen molar-refractivity contribution < 1.29 is 19.0 Å². The van der Waals surface area contributed by atoms with Gasteiger partial charge in [0.1, 0.15) is 24.5 Å². The number of hydrogen-bond donors (Lipinski definition) is 0. The molecule has 0 spiro atoms. The number of ether oxygens (including phenoxy) is 3. The maximum absolute atomic E-state index is 12.3. The van der Waals surface area contributed by atoms with Gasteiger partial charge < -0.3 is 14.2 Å². The highest BCUT2D eigenvalue weighted by molar-refractivity contribution is 5.92. The summed E-state index contributed by atoms with van der Waals surface area (Å²) in [7, 11) is 1.58. The lowest BCUT2D eigenvalue weighted by Gasteiger charge is -2.12. The van der Waals surface area contributed by atoms with Crippen LogP contribution in [0, 0.1) is 12.3 Å². The lowest BCUT2D eigenvalue weighted by molar-refractivity contribution is 0.0466. The zero-order valence-corrected chi connectivity index (χ0v) is 13.0. The number of hydrogen-bond acceptors (Lipinski definition) is 4. The van der Waals surface area contributed by atoms with E-state index in [-0.39, 0.29) is 6.61 Å². The number of terminal acetylenes is 1. The molecule has 0 aliphatic carbocycles. The summed E-state index contributed by atoms with van der Waals surface area (Å²) in [6.45, 7) is 0.941. The number of rotatable bonds is 7. The lowest BCUT2D eigenvalue weighted by atomic mass is 10.1. The van der Waals surface area contributed by atoms with Crippen molar-refractivity contribution in [3.05, 3.63) is 65.2 Å². The molecule has 0 radical (unpaired) electrons. The van der Waals surface area contributed by atoms with Gasteiger partial charge in [-0.15, -0.1) is 6.42 Å². The average molecular weight is 310 g/mol. The highest BCUT2D eigenvalue weighted by Gasteiger charge is 2.15.